The van der Waals surface area contributed by atoms with Crippen molar-refractivity contribution in [1.82, 2.24) is 0 Å². The average molecular weight is 345 g/mol. The molecule has 0 bridgehead atoms. The van der Waals surface area contributed by atoms with Crippen molar-refractivity contribution in [2.24, 2.45) is 5.92 Å². The minimum Gasteiger partial charge on any atom is -0.496 e. The number of aryl methyl sites for hydroxylation is 1. The van der Waals surface area contributed by atoms with Crippen molar-refractivity contribution in [2.75, 3.05) is 7.11 Å². The summed E-state index contributed by atoms with van der Waals surface area (Å²) in [7, 11) is 1.67. The Kier molecular flexibility index (Phi) is 4.11. The fraction of sp³-hybridized carbons (Fsp3) is 0.278. The van der Waals surface area contributed by atoms with Crippen molar-refractivity contribution in [2.45, 2.75) is 19.3 Å². The van der Waals surface area contributed by atoms with Gasteiger partial charge in [-0.3, -0.25) is 4.79 Å². The first kappa shape index (κ1) is 14.3. The van der Waals surface area contributed by atoms with Crippen LogP contribution in [0, 0.1) is 5.92 Å². The van der Waals surface area contributed by atoms with Crippen LogP contribution >= 0.6 is 15.9 Å². The van der Waals surface area contributed by atoms with E-state index in [4.69, 9.17) is 4.74 Å². The van der Waals surface area contributed by atoms with E-state index in [9.17, 15) is 4.79 Å². The van der Waals surface area contributed by atoms with Crippen molar-refractivity contribution < 1.29 is 9.53 Å². The number of hydrogen-bond donors (Lipinski definition) is 0. The molecule has 0 heterocycles. The molecular formula is C18H17BrO2. The van der Waals surface area contributed by atoms with Gasteiger partial charge >= 0.3 is 0 Å². The van der Waals surface area contributed by atoms with Gasteiger partial charge in [0.15, 0.2) is 5.78 Å². The lowest BCUT2D eigenvalue weighted by molar-refractivity contribution is 0.0901. The van der Waals surface area contributed by atoms with Crippen molar-refractivity contribution in [3.8, 4) is 5.75 Å². The summed E-state index contributed by atoms with van der Waals surface area (Å²) in [6.45, 7) is 0. The van der Waals surface area contributed by atoms with Crippen molar-refractivity contribution in [3.05, 3.63) is 63.6 Å². The maximum Gasteiger partial charge on any atom is 0.166 e. The predicted octanol–water partition coefficient (Wildman–Crippen LogP) is 4.45. The molecule has 0 fully saturated rings. The summed E-state index contributed by atoms with van der Waals surface area (Å²) in [5.41, 5.74) is 3.15. The Bertz CT molecular complexity index is 679. The number of benzene rings is 2. The Morgan fingerprint density at radius 2 is 2.05 bits per heavy atom. The van der Waals surface area contributed by atoms with Crippen molar-refractivity contribution in [1.29, 1.82) is 0 Å². The number of carbonyl (C=O) groups excluding carboxylic acids is 1. The van der Waals surface area contributed by atoms with Gasteiger partial charge in [-0.25, -0.2) is 0 Å². The van der Waals surface area contributed by atoms with Crippen molar-refractivity contribution in [3.63, 3.8) is 0 Å². The van der Waals surface area contributed by atoms with Crippen LogP contribution in [0.2, 0.25) is 0 Å². The Hall–Kier alpha value is -1.61. The molecule has 1 aliphatic rings. The molecule has 0 spiro atoms. The summed E-state index contributed by atoms with van der Waals surface area (Å²) < 4.78 is 6.36. The van der Waals surface area contributed by atoms with Gasteiger partial charge in [0.2, 0.25) is 0 Å². The minimum absolute atomic E-state index is 0.0445. The fourth-order valence-corrected chi connectivity index (χ4v) is 3.37. The molecular weight excluding hydrogens is 328 g/mol. The Labute approximate surface area is 133 Å². The quantitative estimate of drug-likeness (QED) is 0.822. The number of methoxy groups -OCH3 is 1. The zero-order chi connectivity index (χ0) is 14.8. The second-order valence-electron chi connectivity index (χ2n) is 5.42. The summed E-state index contributed by atoms with van der Waals surface area (Å²) in [6, 6.07) is 14.0. The fourth-order valence-electron chi connectivity index (χ4n) is 3.01. The maximum absolute atomic E-state index is 12.7. The molecule has 1 atom stereocenters. The highest BCUT2D eigenvalue weighted by Crippen LogP contribution is 2.31. The number of carbonyl (C=O) groups is 1. The van der Waals surface area contributed by atoms with E-state index < -0.39 is 0 Å². The second-order valence-corrected chi connectivity index (χ2v) is 6.33. The van der Waals surface area contributed by atoms with E-state index >= 15 is 0 Å². The molecule has 3 heteroatoms. The van der Waals surface area contributed by atoms with Crippen LogP contribution in [-0.2, 0) is 12.8 Å². The third kappa shape index (κ3) is 2.88. The zero-order valence-corrected chi connectivity index (χ0v) is 13.5. The lowest BCUT2D eigenvalue weighted by Gasteiger charge is -2.24. The molecule has 2 aromatic carbocycles. The van der Waals surface area contributed by atoms with Gasteiger partial charge in [-0.2, -0.15) is 0 Å². The SMILES string of the molecule is COc1ccccc1CC1CCc2ccc(Br)cc2C1=O. The number of halogens is 1. The Balaban J connectivity index is 1.87. The van der Waals surface area contributed by atoms with Crippen LogP contribution in [0.3, 0.4) is 0 Å². The van der Waals surface area contributed by atoms with Crippen LogP contribution in [0.25, 0.3) is 0 Å². The Morgan fingerprint density at radius 3 is 2.86 bits per heavy atom. The topological polar surface area (TPSA) is 26.3 Å². The van der Waals surface area contributed by atoms with E-state index in [1.165, 1.54) is 5.56 Å². The number of ketones is 1. The molecule has 0 N–H and O–H groups in total. The van der Waals surface area contributed by atoms with E-state index in [-0.39, 0.29) is 11.7 Å². The normalized spacial score (nSPS) is 17.4. The van der Waals surface area contributed by atoms with E-state index in [1.807, 2.05) is 36.4 Å². The number of fused-ring (bicyclic) bond motifs is 1. The van der Waals surface area contributed by atoms with Crippen LogP contribution in [0.4, 0.5) is 0 Å². The minimum atomic E-state index is 0.0445. The first-order valence-electron chi connectivity index (χ1n) is 7.13. The molecule has 21 heavy (non-hydrogen) atoms. The molecule has 2 nitrogen and oxygen atoms in total. The highest BCUT2D eigenvalue weighted by molar-refractivity contribution is 9.10. The highest BCUT2D eigenvalue weighted by Gasteiger charge is 2.28. The summed E-state index contributed by atoms with van der Waals surface area (Å²) in [5, 5.41) is 0. The van der Waals surface area contributed by atoms with Crippen LogP contribution in [0.1, 0.15) is 27.9 Å². The van der Waals surface area contributed by atoms with E-state index in [2.05, 4.69) is 22.0 Å². The largest absolute Gasteiger partial charge is 0.496 e. The number of Topliss-reactive ketones (excluding diaryl/α,β-unsaturated/α-hetero) is 1. The third-order valence-electron chi connectivity index (χ3n) is 4.13. The van der Waals surface area contributed by atoms with Gasteiger partial charge in [-0.15, -0.1) is 0 Å². The summed E-state index contributed by atoms with van der Waals surface area (Å²) in [5.74, 6) is 1.16. The molecule has 3 rings (SSSR count). The van der Waals surface area contributed by atoms with Crippen LogP contribution in [0.15, 0.2) is 46.9 Å². The molecule has 1 aliphatic carbocycles. The monoisotopic (exact) mass is 344 g/mol. The van der Waals surface area contributed by atoms with E-state index in [1.54, 1.807) is 7.11 Å². The second kappa shape index (κ2) is 6.02. The summed E-state index contributed by atoms with van der Waals surface area (Å²) in [6.07, 6.45) is 2.62. The van der Waals surface area contributed by atoms with Gasteiger partial charge in [-0.05, 0) is 48.6 Å². The number of rotatable bonds is 3. The van der Waals surface area contributed by atoms with Crippen LogP contribution in [-0.4, -0.2) is 12.9 Å². The number of ether oxygens (including phenoxy) is 1. The van der Waals surface area contributed by atoms with Gasteiger partial charge in [0.05, 0.1) is 7.11 Å². The molecule has 0 saturated heterocycles. The van der Waals surface area contributed by atoms with Gasteiger partial charge in [0, 0.05) is 16.0 Å². The van der Waals surface area contributed by atoms with E-state index in [0.717, 1.165) is 40.6 Å². The highest BCUT2D eigenvalue weighted by atomic mass is 79.9. The molecule has 0 aliphatic heterocycles. The van der Waals surface area contributed by atoms with Gasteiger partial charge in [0.1, 0.15) is 5.75 Å². The molecule has 1 unspecified atom stereocenters. The number of para-hydroxylation sites is 1. The maximum atomic E-state index is 12.7. The average Bonchev–Trinajstić information content (AvgIpc) is 2.51. The van der Waals surface area contributed by atoms with Gasteiger partial charge in [0.25, 0.3) is 0 Å². The number of hydrogen-bond acceptors (Lipinski definition) is 2. The lowest BCUT2D eigenvalue weighted by atomic mass is 9.79. The molecule has 0 aromatic heterocycles. The van der Waals surface area contributed by atoms with E-state index in [0.29, 0.717) is 0 Å². The van der Waals surface area contributed by atoms with Crippen LogP contribution < -0.4 is 4.74 Å². The molecule has 108 valence electrons. The third-order valence-corrected chi connectivity index (χ3v) is 4.62. The Morgan fingerprint density at radius 1 is 1.24 bits per heavy atom. The molecule has 0 radical (unpaired) electrons. The molecule has 0 saturated carbocycles. The lowest BCUT2D eigenvalue weighted by Crippen LogP contribution is -2.24. The van der Waals surface area contributed by atoms with Crippen LogP contribution in [0.5, 0.6) is 5.75 Å². The van der Waals surface area contributed by atoms with Gasteiger partial charge in [-0.1, -0.05) is 40.2 Å². The first-order valence-corrected chi connectivity index (χ1v) is 7.93. The van der Waals surface area contributed by atoms with Gasteiger partial charge < -0.3 is 4.74 Å². The standard InChI is InChI=1S/C18H17BrO2/c1-21-17-5-3-2-4-13(17)10-14-7-6-12-8-9-15(19)11-16(12)18(14)20/h2-5,8-9,11,14H,6-7,10H2,1H3. The van der Waals surface area contributed by atoms with Crippen molar-refractivity contribution >= 4 is 21.7 Å². The summed E-state index contributed by atoms with van der Waals surface area (Å²) >= 11 is 3.46. The first-order chi connectivity index (χ1) is 10.2. The smallest absolute Gasteiger partial charge is 0.166 e. The molecule has 0 amide bonds. The predicted molar refractivity (Wildman–Crippen MR) is 87.0 cm³/mol. The summed E-state index contributed by atoms with van der Waals surface area (Å²) in [4.78, 5) is 12.7. The molecule has 2 aromatic rings. The zero-order valence-electron chi connectivity index (χ0n) is 11.9.